The highest BCUT2D eigenvalue weighted by Crippen LogP contribution is 2.34. The molecule has 1 aliphatic heterocycles. The summed E-state index contributed by atoms with van der Waals surface area (Å²) in [4.78, 5) is 27.8. The van der Waals surface area contributed by atoms with Crippen LogP contribution in [0.1, 0.15) is 30.3 Å². The zero-order chi connectivity index (χ0) is 15.8. The quantitative estimate of drug-likeness (QED) is 0.887. The summed E-state index contributed by atoms with van der Waals surface area (Å²) in [5, 5.41) is 21.1. The number of aliphatic carboxylic acids is 1. The van der Waals surface area contributed by atoms with Crippen molar-refractivity contribution in [1.82, 2.24) is 9.80 Å². The van der Waals surface area contributed by atoms with Gasteiger partial charge in [-0.05, 0) is 37.3 Å². The molecule has 1 unspecified atom stereocenters. The lowest BCUT2D eigenvalue weighted by Gasteiger charge is -2.37. The molecule has 0 fully saturated rings. The van der Waals surface area contributed by atoms with Gasteiger partial charge in [0, 0.05) is 18.5 Å². The highest BCUT2D eigenvalue weighted by Gasteiger charge is 2.38. The van der Waals surface area contributed by atoms with Gasteiger partial charge in [0.1, 0.15) is 0 Å². The third-order valence-corrected chi connectivity index (χ3v) is 4.39. The van der Waals surface area contributed by atoms with Gasteiger partial charge in [-0.25, -0.2) is 9.59 Å². The standard InChI is InChI=1S/C14H20N2O4S/c1-14(2,20)8-15(3)13(19)16-6-4-10-9(5-7-21-10)11(16)12(17)18/h5,7,11,20H,4,6,8H2,1-3H3,(H,17,18). The number of hydrogen-bond acceptors (Lipinski definition) is 4. The van der Waals surface area contributed by atoms with E-state index >= 15 is 0 Å². The van der Waals surface area contributed by atoms with Gasteiger partial charge in [-0.1, -0.05) is 0 Å². The molecular formula is C14H20N2O4S. The van der Waals surface area contributed by atoms with Gasteiger partial charge in [0.15, 0.2) is 6.04 Å². The summed E-state index contributed by atoms with van der Waals surface area (Å²) in [5.74, 6) is -1.03. The third-order valence-electron chi connectivity index (χ3n) is 3.40. The molecular weight excluding hydrogens is 292 g/mol. The van der Waals surface area contributed by atoms with Gasteiger partial charge in [-0.3, -0.25) is 0 Å². The van der Waals surface area contributed by atoms with Crippen LogP contribution in [0.15, 0.2) is 11.4 Å². The number of urea groups is 1. The van der Waals surface area contributed by atoms with Crippen molar-refractivity contribution in [2.45, 2.75) is 31.9 Å². The summed E-state index contributed by atoms with van der Waals surface area (Å²) in [6.45, 7) is 3.74. The van der Waals surface area contributed by atoms with E-state index in [-0.39, 0.29) is 12.6 Å². The molecule has 7 heteroatoms. The average Bonchev–Trinajstić information content (AvgIpc) is 2.82. The van der Waals surface area contributed by atoms with Crippen LogP contribution in [-0.2, 0) is 11.2 Å². The monoisotopic (exact) mass is 312 g/mol. The van der Waals surface area contributed by atoms with Crippen LogP contribution in [0.25, 0.3) is 0 Å². The van der Waals surface area contributed by atoms with Crippen LogP contribution in [0.3, 0.4) is 0 Å². The van der Waals surface area contributed by atoms with Gasteiger partial charge >= 0.3 is 12.0 Å². The maximum absolute atomic E-state index is 12.5. The van der Waals surface area contributed by atoms with E-state index in [1.54, 1.807) is 27.0 Å². The number of hydrogen-bond donors (Lipinski definition) is 2. The second kappa shape index (κ2) is 5.65. The highest BCUT2D eigenvalue weighted by atomic mass is 32.1. The van der Waals surface area contributed by atoms with Crippen molar-refractivity contribution in [3.8, 4) is 0 Å². The number of likely N-dealkylation sites (N-methyl/N-ethyl adjacent to an activating group) is 1. The predicted octanol–water partition coefficient (Wildman–Crippen LogP) is 1.55. The maximum Gasteiger partial charge on any atom is 0.331 e. The van der Waals surface area contributed by atoms with Crippen molar-refractivity contribution >= 4 is 23.3 Å². The topological polar surface area (TPSA) is 81.1 Å². The summed E-state index contributed by atoms with van der Waals surface area (Å²) >= 11 is 1.52. The molecule has 2 amide bonds. The van der Waals surface area contributed by atoms with Crippen LogP contribution >= 0.6 is 11.3 Å². The minimum atomic E-state index is -1.03. The van der Waals surface area contributed by atoms with Crippen molar-refractivity contribution in [3.05, 3.63) is 21.9 Å². The Kier molecular flexibility index (Phi) is 4.25. The van der Waals surface area contributed by atoms with Crippen molar-refractivity contribution in [1.29, 1.82) is 0 Å². The Hall–Kier alpha value is -1.60. The molecule has 0 radical (unpaired) electrons. The van der Waals surface area contributed by atoms with Gasteiger partial charge in [0.05, 0.1) is 12.1 Å². The molecule has 0 bridgehead atoms. The SMILES string of the molecule is CN(CC(C)(C)O)C(=O)N1CCc2sccc2C1C(=O)O. The molecule has 116 valence electrons. The first-order valence-electron chi connectivity index (χ1n) is 6.74. The first kappa shape index (κ1) is 15.8. The lowest BCUT2D eigenvalue weighted by molar-refractivity contribution is -0.143. The summed E-state index contributed by atoms with van der Waals surface area (Å²) in [6.07, 6.45) is 0.666. The summed E-state index contributed by atoms with van der Waals surface area (Å²) in [6, 6.07) is 0.451. The predicted molar refractivity (Wildman–Crippen MR) is 79.4 cm³/mol. The molecule has 0 spiro atoms. The zero-order valence-electron chi connectivity index (χ0n) is 12.4. The lowest BCUT2D eigenvalue weighted by Crippen LogP contribution is -2.51. The number of carbonyl (C=O) groups excluding carboxylic acids is 1. The lowest BCUT2D eigenvalue weighted by atomic mass is 10.0. The number of amides is 2. The highest BCUT2D eigenvalue weighted by molar-refractivity contribution is 7.10. The van der Waals surface area contributed by atoms with E-state index in [1.807, 2.05) is 5.38 Å². The third kappa shape index (κ3) is 3.36. The Labute approximate surface area is 127 Å². The van der Waals surface area contributed by atoms with Gasteiger partial charge in [0.2, 0.25) is 0 Å². The van der Waals surface area contributed by atoms with E-state index < -0.39 is 17.6 Å². The minimum Gasteiger partial charge on any atom is -0.479 e. The number of carboxylic acid groups (broad SMARTS) is 1. The molecule has 0 aromatic carbocycles. The molecule has 6 nitrogen and oxygen atoms in total. The van der Waals surface area contributed by atoms with Gasteiger partial charge in [-0.2, -0.15) is 0 Å². The molecule has 1 aromatic rings. The molecule has 0 saturated carbocycles. The van der Waals surface area contributed by atoms with E-state index in [1.165, 1.54) is 21.1 Å². The number of fused-ring (bicyclic) bond motifs is 1. The van der Waals surface area contributed by atoms with E-state index in [0.29, 0.717) is 18.5 Å². The first-order valence-corrected chi connectivity index (χ1v) is 7.62. The van der Waals surface area contributed by atoms with E-state index in [2.05, 4.69) is 0 Å². The number of rotatable bonds is 3. The fraction of sp³-hybridized carbons (Fsp3) is 0.571. The molecule has 2 N–H and O–H groups in total. The Balaban J connectivity index is 2.23. The zero-order valence-corrected chi connectivity index (χ0v) is 13.2. The van der Waals surface area contributed by atoms with Gasteiger partial charge in [-0.15, -0.1) is 11.3 Å². The van der Waals surface area contributed by atoms with E-state index in [4.69, 9.17) is 0 Å². The van der Waals surface area contributed by atoms with Gasteiger partial charge in [0.25, 0.3) is 0 Å². The van der Waals surface area contributed by atoms with Crippen molar-refractivity contribution in [3.63, 3.8) is 0 Å². The van der Waals surface area contributed by atoms with Crippen LogP contribution in [0.5, 0.6) is 0 Å². The van der Waals surface area contributed by atoms with E-state index in [9.17, 15) is 19.8 Å². The van der Waals surface area contributed by atoms with E-state index in [0.717, 1.165) is 4.88 Å². The van der Waals surface area contributed by atoms with Crippen molar-refractivity contribution in [2.24, 2.45) is 0 Å². The molecule has 21 heavy (non-hydrogen) atoms. The average molecular weight is 312 g/mol. The molecule has 1 aromatic heterocycles. The summed E-state index contributed by atoms with van der Waals surface area (Å²) < 4.78 is 0. The Morgan fingerprint density at radius 2 is 2.19 bits per heavy atom. The van der Waals surface area contributed by atoms with Crippen LogP contribution in [0.4, 0.5) is 4.79 Å². The summed E-state index contributed by atoms with van der Waals surface area (Å²) in [5.41, 5.74) is -0.323. The van der Waals surface area contributed by atoms with Crippen LogP contribution < -0.4 is 0 Å². The molecule has 0 saturated heterocycles. The Morgan fingerprint density at radius 1 is 1.52 bits per heavy atom. The van der Waals surface area contributed by atoms with Crippen LogP contribution in [0, 0.1) is 0 Å². The van der Waals surface area contributed by atoms with Crippen LogP contribution in [-0.4, -0.2) is 57.8 Å². The first-order chi connectivity index (χ1) is 9.70. The molecule has 2 rings (SSSR count). The van der Waals surface area contributed by atoms with Crippen molar-refractivity contribution in [2.75, 3.05) is 20.1 Å². The number of aliphatic hydroxyl groups is 1. The number of carboxylic acids is 1. The fourth-order valence-electron chi connectivity index (χ4n) is 2.66. The molecule has 1 aliphatic rings. The number of carbonyl (C=O) groups is 2. The normalized spacial score (nSPS) is 18.3. The molecule has 2 heterocycles. The number of thiophene rings is 1. The second-order valence-electron chi connectivity index (χ2n) is 5.93. The molecule has 1 atom stereocenters. The molecule has 0 aliphatic carbocycles. The number of nitrogens with zero attached hydrogens (tertiary/aromatic N) is 2. The van der Waals surface area contributed by atoms with Crippen LogP contribution in [0.2, 0.25) is 0 Å². The maximum atomic E-state index is 12.5. The largest absolute Gasteiger partial charge is 0.479 e. The summed E-state index contributed by atoms with van der Waals surface area (Å²) in [7, 11) is 1.57. The Bertz CT molecular complexity index is 549. The van der Waals surface area contributed by atoms with Crippen molar-refractivity contribution < 1.29 is 19.8 Å². The minimum absolute atomic E-state index is 0.144. The fourth-order valence-corrected chi connectivity index (χ4v) is 3.56. The van der Waals surface area contributed by atoms with Gasteiger partial charge < -0.3 is 20.0 Å². The second-order valence-corrected chi connectivity index (χ2v) is 6.94. The Morgan fingerprint density at radius 3 is 2.76 bits per heavy atom. The smallest absolute Gasteiger partial charge is 0.331 e.